The van der Waals surface area contributed by atoms with Gasteiger partial charge in [0, 0.05) is 44.2 Å². The minimum atomic E-state index is -0.258. The minimum Gasteiger partial charge on any atom is -0.342 e. The summed E-state index contributed by atoms with van der Waals surface area (Å²) >= 11 is 0. The van der Waals surface area contributed by atoms with Gasteiger partial charge in [-0.05, 0) is 25.0 Å². The van der Waals surface area contributed by atoms with Crippen LogP contribution in [0.3, 0.4) is 0 Å². The number of aromatic nitrogens is 2. The highest BCUT2D eigenvalue weighted by Gasteiger charge is 2.37. The van der Waals surface area contributed by atoms with Crippen molar-refractivity contribution in [2.75, 3.05) is 24.5 Å². The average Bonchev–Trinajstić information content (AvgIpc) is 3.17. The highest BCUT2D eigenvalue weighted by atomic mass is 16.5. The van der Waals surface area contributed by atoms with Crippen molar-refractivity contribution in [3.05, 3.63) is 30.2 Å². The predicted molar refractivity (Wildman–Crippen MR) is 100.0 cm³/mol. The van der Waals surface area contributed by atoms with E-state index >= 15 is 0 Å². The van der Waals surface area contributed by atoms with E-state index in [0.717, 1.165) is 37.2 Å². The van der Waals surface area contributed by atoms with Crippen LogP contribution in [-0.2, 0) is 9.59 Å². The van der Waals surface area contributed by atoms with Crippen LogP contribution >= 0.6 is 0 Å². The second kappa shape index (κ2) is 7.50. The van der Waals surface area contributed by atoms with Crippen molar-refractivity contribution in [3.8, 4) is 11.4 Å². The Morgan fingerprint density at radius 3 is 2.67 bits per heavy atom. The summed E-state index contributed by atoms with van der Waals surface area (Å²) in [6.45, 7) is 3.80. The van der Waals surface area contributed by atoms with Crippen LogP contribution in [0.5, 0.6) is 0 Å². The summed E-state index contributed by atoms with van der Waals surface area (Å²) in [5.41, 5.74) is 1.56. The molecule has 3 heterocycles. The standard InChI is InChI=1S/C20H24N4O3/c1-14-21-19(22-27-14)15-7-6-8-17(11-15)24-13-16(12-18(24)25)20(26)23-9-4-2-3-5-10-23/h6-8,11,16H,2-5,9-10,12-13H2,1H3/t16-/m1/s1. The first-order valence-electron chi connectivity index (χ1n) is 9.62. The zero-order valence-electron chi connectivity index (χ0n) is 15.6. The van der Waals surface area contributed by atoms with E-state index in [0.29, 0.717) is 18.3 Å². The lowest BCUT2D eigenvalue weighted by atomic mass is 10.1. The quantitative estimate of drug-likeness (QED) is 0.832. The van der Waals surface area contributed by atoms with Gasteiger partial charge in [0.15, 0.2) is 0 Å². The van der Waals surface area contributed by atoms with Crippen LogP contribution < -0.4 is 4.90 Å². The molecule has 1 atom stereocenters. The second-order valence-electron chi connectivity index (χ2n) is 7.33. The summed E-state index contributed by atoms with van der Waals surface area (Å²) in [5, 5.41) is 3.94. The van der Waals surface area contributed by atoms with Gasteiger partial charge >= 0.3 is 0 Å². The van der Waals surface area contributed by atoms with Gasteiger partial charge < -0.3 is 14.3 Å². The number of hydrogen-bond acceptors (Lipinski definition) is 5. The zero-order chi connectivity index (χ0) is 18.8. The normalized spacial score (nSPS) is 20.8. The fraction of sp³-hybridized carbons (Fsp3) is 0.500. The van der Waals surface area contributed by atoms with Gasteiger partial charge in [-0.1, -0.05) is 30.1 Å². The molecule has 7 heteroatoms. The number of likely N-dealkylation sites (tertiary alicyclic amines) is 1. The van der Waals surface area contributed by atoms with Crippen molar-refractivity contribution >= 4 is 17.5 Å². The molecule has 0 radical (unpaired) electrons. The molecule has 0 aliphatic carbocycles. The number of aryl methyl sites for hydroxylation is 1. The van der Waals surface area contributed by atoms with E-state index in [2.05, 4.69) is 10.1 Å². The van der Waals surface area contributed by atoms with E-state index in [1.165, 1.54) is 12.8 Å². The maximum absolute atomic E-state index is 12.9. The Labute approximate surface area is 158 Å². The van der Waals surface area contributed by atoms with Gasteiger partial charge in [-0.25, -0.2) is 0 Å². The molecule has 142 valence electrons. The highest BCUT2D eigenvalue weighted by Crippen LogP contribution is 2.29. The topological polar surface area (TPSA) is 79.5 Å². The smallest absolute Gasteiger partial charge is 0.228 e. The van der Waals surface area contributed by atoms with E-state index in [1.807, 2.05) is 29.2 Å². The van der Waals surface area contributed by atoms with Crippen molar-refractivity contribution in [2.45, 2.75) is 39.0 Å². The van der Waals surface area contributed by atoms with Gasteiger partial charge in [-0.3, -0.25) is 9.59 Å². The molecule has 7 nitrogen and oxygen atoms in total. The molecule has 4 rings (SSSR count). The van der Waals surface area contributed by atoms with Crippen molar-refractivity contribution in [3.63, 3.8) is 0 Å². The molecule has 2 aromatic rings. The average molecular weight is 368 g/mol. The molecular weight excluding hydrogens is 344 g/mol. The number of carbonyl (C=O) groups excluding carboxylic acids is 2. The van der Waals surface area contributed by atoms with E-state index in [-0.39, 0.29) is 24.2 Å². The third-order valence-electron chi connectivity index (χ3n) is 5.34. The summed E-state index contributed by atoms with van der Waals surface area (Å²) in [4.78, 5) is 33.4. The minimum absolute atomic E-state index is 0.00962. The number of hydrogen-bond donors (Lipinski definition) is 0. The summed E-state index contributed by atoms with van der Waals surface area (Å²) in [7, 11) is 0. The zero-order valence-corrected chi connectivity index (χ0v) is 15.6. The third kappa shape index (κ3) is 3.72. The fourth-order valence-corrected chi connectivity index (χ4v) is 3.90. The Balaban J connectivity index is 1.50. The molecule has 2 saturated heterocycles. The number of benzene rings is 1. The number of carbonyl (C=O) groups is 2. The van der Waals surface area contributed by atoms with Crippen molar-refractivity contribution in [2.24, 2.45) is 5.92 Å². The monoisotopic (exact) mass is 368 g/mol. The summed E-state index contributed by atoms with van der Waals surface area (Å²) in [5.74, 6) is 0.850. The second-order valence-corrected chi connectivity index (χ2v) is 7.33. The van der Waals surface area contributed by atoms with Gasteiger partial charge in [0.25, 0.3) is 0 Å². The fourth-order valence-electron chi connectivity index (χ4n) is 3.90. The molecule has 2 amide bonds. The lowest BCUT2D eigenvalue weighted by molar-refractivity contribution is -0.135. The predicted octanol–water partition coefficient (Wildman–Crippen LogP) is 2.80. The number of nitrogens with zero attached hydrogens (tertiary/aromatic N) is 4. The molecule has 2 aliphatic rings. The molecule has 0 bridgehead atoms. The summed E-state index contributed by atoms with van der Waals surface area (Å²) in [6, 6.07) is 7.51. The molecular formula is C20H24N4O3. The van der Waals surface area contributed by atoms with Crippen LogP contribution in [-0.4, -0.2) is 46.5 Å². The molecule has 0 saturated carbocycles. The molecule has 0 unspecified atom stereocenters. The number of rotatable bonds is 3. The van der Waals surface area contributed by atoms with Crippen LogP contribution in [0.2, 0.25) is 0 Å². The van der Waals surface area contributed by atoms with Gasteiger partial charge in [0.2, 0.25) is 23.5 Å². The lowest BCUT2D eigenvalue weighted by Crippen LogP contribution is -2.38. The first-order chi connectivity index (χ1) is 13.1. The van der Waals surface area contributed by atoms with Crippen molar-refractivity contribution in [1.82, 2.24) is 15.0 Å². The van der Waals surface area contributed by atoms with Crippen molar-refractivity contribution < 1.29 is 14.1 Å². The van der Waals surface area contributed by atoms with E-state index in [9.17, 15) is 9.59 Å². The van der Waals surface area contributed by atoms with Crippen LogP contribution in [0, 0.1) is 12.8 Å². The Morgan fingerprint density at radius 2 is 1.96 bits per heavy atom. The lowest BCUT2D eigenvalue weighted by Gasteiger charge is -2.24. The van der Waals surface area contributed by atoms with Gasteiger partial charge in [0.05, 0.1) is 5.92 Å². The number of amides is 2. The SMILES string of the molecule is Cc1nc(-c2cccc(N3C[C@H](C(=O)N4CCCCCC4)CC3=O)c2)no1. The first-order valence-corrected chi connectivity index (χ1v) is 9.62. The Bertz CT molecular complexity index is 839. The molecule has 2 fully saturated rings. The van der Waals surface area contributed by atoms with E-state index in [4.69, 9.17) is 4.52 Å². The van der Waals surface area contributed by atoms with Crippen LogP contribution in [0.15, 0.2) is 28.8 Å². The largest absolute Gasteiger partial charge is 0.342 e. The third-order valence-corrected chi connectivity index (χ3v) is 5.34. The van der Waals surface area contributed by atoms with Gasteiger partial charge in [-0.15, -0.1) is 0 Å². The molecule has 1 aromatic carbocycles. The van der Waals surface area contributed by atoms with Gasteiger partial charge in [0.1, 0.15) is 0 Å². The molecule has 27 heavy (non-hydrogen) atoms. The summed E-state index contributed by atoms with van der Waals surface area (Å²) < 4.78 is 5.04. The van der Waals surface area contributed by atoms with Crippen LogP contribution in [0.4, 0.5) is 5.69 Å². The van der Waals surface area contributed by atoms with Crippen LogP contribution in [0.25, 0.3) is 11.4 Å². The Morgan fingerprint density at radius 1 is 1.19 bits per heavy atom. The highest BCUT2D eigenvalue weighted by molar-refractivity contribution is 6.00. The molecule has 0 N–H and O–H groups in total. The summed E-state index contributed by atoms with van der Waals surface area (Å²) in [6.07, 6.45) is 4.76. The molecule has 1 aromatic heterocycles. The van der Waals surface area contributed by atoms with Gasteiger partial charge in [-0.2, -0.15) is 4.98 Å². The Kier molecular flexibility index (Phi) is 4.92. The van der Waals surface area contributed by atoms with E-state index < -0.39 is 0 Å². The molecule has 0 spiro atoms. The van der Waals surface area contributed by atoms with Crippen molar-refractivity contribution in [1.29, 1.82) is 0 Å². The van der Waals surface area contributed by atoms with E-state index in [1.54, 1.807) is 11.8 Å². The maximum Gasteiger partial charge on any atom is 0.228 e. The van der Waals surface area contributed by atoms with Crippen LogP contribution in [0.1, 0.15) is 38.0 Å². The Hall–Kier alpha value is -2.70. The first kappa shape index (κ1) is 17.7. The molecule has 2 aliphatic heterocycles. The number of anilines is 1. The maximum atomic E-state index is 12.9.